The summed E-state index contributed by atoms with van der Waals surface area (Å²) >= 11 is 1.78. The number of hydrogen-bond acceptors (Lipinski definition) is 5. The van der Waals surface area contributed by atoms with Gasteiger partial charge in [0.05, 0.1) is 11.4 Å². The van der Waals surface area contributed by atoms with E-state index in [0.29, 0.717) is 25.3 Å². The van der Waals surface area contributed by atoms with Gasteiger partial charge in [0.2, 0.25) is 15.9 Å². The Morgan fingerprint density at radius 3 is 2.54 bits per heavy atom. The van der Waals surface area contributed by atoms with Crippen molar-refractivity contribution < 1.29 is 13.2 Å². The van der Waals surface area contributed by atoms with Gasteiger partial charge in [-0.05, 0) is 54.6 Å². The summed E-state index contributed by atoms with van der Waals surface area (Å²) in [6.45, 7) is 7.80. The number of rotatable bonds is 7. The highest BCUT2D eigenvalue weighted by Gasteiger charge is 2.26. The molecule has 1 amide bonds. The highest BCUT2D eigenvalue weighted by Crippen LogP contribution is 2.32. The lowest BCUT2D eigenvalue weighted by atomic mass is 10.0. The van der Waals surface area contributed by atoms with Gasteiger partial charge in [0.25, 0.3) is 0 Å². The van der Waals surface area contributed by atoms with E-state index < -0.39 is 10.0 Å². The van der Waals surface area contributed by atoms with Crippen molar-refractivity contribution in [2.45, 2.75) is 38.1 Å². The Kier molecular flexibility index (Phi) is 6.54. The minimum Gasteiger partial charge on any atom is -0.325 e. The molecule has 0 fully saturated rings. The van der Waals surface area contributed by atoms with Gasteiger partial charge in [-0.1, -0.05) is 13.8 Å². The second-order valence-electron chi connectivity index (χ2n) is 6.86. The van der Waals surface area contributed by atoms with E-state index in [1.165, 1.54) is 14.7 Å². The molecule has 152 valence electrons. The molecule has 0 unspecified atom stereocenters. The molecular formula is C20H27N3O3S2. The molecule has 2 heterocycles. The number of hydrogen-bond donors (Lipinski definition) is 1. The van der Waals surface area contributed by atoms with E-state index in [2.05, 4.69) is 28.6 Å². The normalized spacial score (nSPS) is 17.5. The fourth-order valence-electron chi connectivity index (χ4n) is 3.59. The highest BCUT2D eigenvalue weighted by molar-refractivity contribution is 7.89. The summed E-state index contributed by atoms with van der Waals surface area (Å²) in [4.78, 5) is 16.3. The predicted octanol–water partition coefficient (Wildman–Crippen LogP) is 3.34. The maximum absolute atomic E-state index is 12.5. The van der Waals surface area contributed by atoms with Gasteiger partial charge >= 0.3 is 0 Å². The molecule has 0 saturated heterocycles. The molecule has 28 heavy (non-hydrogen) atoms. The van der Waals surface area contributed by atoms with Crippen LogP contribution in [0, 0.1) is 0 Å². The van der Waals surface area contributed by atoms with Crippen molar-refractivity contribution in [3.8, 4) is 0 Å². The molecule has 0 radical (unpaired) electrons. The Bertz CT molecular complexity index is 918. The van der Waals surface area contributed by atoms with E-state index in [1.54, 1.807) is 35.6 Å². The molecule has 0 bridgehead atoms. The molecule has 8 heteroatoms. The largest absolute Gasteiger partial charge is 0.325 e. The molecule has 1 N–H and O–H groups in total. The van der Waals surface area contributed by atoms with Gasteiger partial charge in [0.1, 0.15) is 0 Å². The molecule has 1 aliphatic rings. The summed E-state index contributed by atoms with van der Waals surface area (Å²) in [5, 5.41) is 4.99. The van der Waals surface area contributed by atoms with Crippen LogP contribution in [0.3, 0.4) is 0 Å². The topological polar surface area (TPSA) is 69.7 Å². The van der Waals surface area contributed by atoms with E-state index in [4.69, 9.17) is 0 Å². The first kappa shape index (κ1) is 21.0. The van der Waals surface area contributed by atoms with E-state index in [0.717, 1.165) is 13.0 Å². The van der Waals surface area contributed by atoms with Crippen LogP contribution in [-0.2, 0) is 21.2 Å². The lowest BCUT2D eigenvalue weighted by Crippen LogP contribution is -2.39. The highest BCUT2D eigenvalue weighted by atomic mass is 32.2. The molecule has 0 saturated carbocycles. The number of sulfonamides is 1. The minimum atomic E-state index is -3.49. The number of carbonyl (C=O) groups is 1. The summed E-state index contributed by atoms with van der Waals surface area (Å²) in [6.07, 6.45) is 0.975. The summed E-state index contributed by atoms with van der Waals surface area (Å²) in [5.74, 6) is -0.0927. The molecule has 1 aliphatic heterocycles. The predicted molar refractivity (Wildman–Crippen MR) is 113 cm³/mol. The fourth-order valence-corrected chi connectivity index (χ4v) is 6.01. The van der Waals surface area contributed by atoms with Crippen molar-refractivity contribution in [2.75, 3.05) is 31.5 Å². The quantitative estimate of drug-likeness (QED) is 0.744. The lowest BCUT2D eigenvalue weighted by Gasteiger charge is -2.32. The molecule has 0 aliphatic carbocycles. The van der Waals surface area contributed by atoms with Crippen LogP contribution in [0.15, 0.2) is 40.6 Å². The van der Waals surface area contributed by atoms with Crippen LogP contribution in [0.25, 0.3) is 0 Å². The number of fused-ring (bicyclic) bond motifs is 1. The fraction of sp³-hybridized carbons (Fsp3) is 0.450. The number of nitrogens with zero attached hydrogens (tertiary/aromatic N) is 2. The van der Waals surface area contributed by atoms with Crippen molar-refractivity contribution >= 4 is 33.0 Å². The number of carbonyl (C=O) groups excluding carboxylic acids is 1. The average Bonchev–Trinajstić information content (AvgIpc) is 3.15. The van der Waals surface area contributed by atoms with Gasteiger partial charge in [-0.25, -0.2) is 8.42 Å². The Morgan fingerprint density at radius 2 is 1.89 bits per heavy atom. The zero-order chi connectivity index (χ0) is 20.3. The molecule has 1 atom stereocenters. The van der Waals surface area contributed by atoms with Crippen LogP contribution in [0.2, 0.25) is 0 Å². The first-order chi connectivity index (χ1) is 13.4. The van der Waals surface area contributed by atoms with Crippen molar-refractivity contribution in [3.63, 3.8) is 0 Å². The van der Waals surface area contributed by atoms with E-state index in [9.17, 15) is 13.2 Å². The zero-order valence-electron chi connectivity index (χ0n) is 16.5. The van der Waals surface area contributed by atoms with E-state index in [-0.39, 0.29) is 16.8 Å². The SMILES string of the molecule is CCN(CC)S(=O)(=O)c1ccc(NC(=O)CN2CCc3sccc3[C@@H]2C)cc1. The first-order valence-electron chi connectivity index (χ1n) is 9.57. The van der Waals surface area contributed by atoms with E-state index >= 15 is 0 Å². The average molecular weight is 422 g/mol. The van der Waals surface area contributed by atoms with Gasteiger partial charge in [-0.3, -0.25) is 9.69 Å². The Morgan fingerprint density at radius 1 is 1.21 bits per heavy atom. The first-order valence-corrected chi connectivity index (χ1v) is 11.9. The number of nitrogens with one attached hydrogen (secondary N) is 1. The van der Waals surface area contributed by atoms with Gasteiger partial charge < -0.3 is 5.32 Å². The molecule has 3 rings (SSSR count). The van der Waals surface area contributed by atoms with Crippen LogP contribution in [0.5, 0.6) is 0 Å². The van der Waals surface area contributed by atoms with Crippen LogP contribution >= 0.6 is 11.3 Å². The lowest BCUT2D eigenvalue weighted by molar-refractivity contribution is -0.117. The smallest absolute Gasteiger partial charge is 0.243 e. The standard InChI is InChI=1S/C20H27N3O3S2/c1-4-23(5-2)28(25,26)17-8-6-16(7-9-17)21-20(24)14-22-12-10-19-18(15(22)3)11-13-27-19/h6-9,11,13,15H,4-5,10,12,14H2,1-3H3,(H,21,24)/t15-/m0/s1. The molecule has 1 aromatic carbocycles. The Hall–Kier alpha value is -1.74. The third-order valence-corrected chi connectivity index (χ3v) is 8.29. The van der Waals surface area contributed by atoms with Gasteiger partial charge in [0.15, 0.2) is 0 Å². The van der Waals surface area contributed by atoms with Crippen LogP contribution in [0.1, 0.15) is 37.3 Å². The molecule has 2 aromatic rings. The summed E-state index contributed by atoms with van der Waals surface area (Å²) in [5.41, 5.74) is 1.92. The maximum Gasteiger partial charge on any atom is 0.243 e. The molecule has 6 nitrogen and oxygen atoms in total. The number of amides is 1. The van der Waals surface area contributed by atoms with Gasteiger partial charge in [-0.15, -0.1) is 11.3 Å². The van der Waals surface area contributed by atoms with Crippen LogP contribution in [-0.4, -0.2) is 49.7 Å². The van der Waals surface area contributed by atoms with Crippen molar-refractivity contribution in [2.24, 2.45) is 0 Å². The zero-order valence-corrected chi connectivity index (χ0v) is 18.1. The molecular weight excluding hydrogens is 394 g/mol. The van der Waals surface area contributed by atoms with Crippen LogP contribution in [0.4, 0.5) is 5.69 Å². The number of thiophene rings is 1. The maximum atomic E-state index is 12.5. The molecule has 1 aromatic heterocycles. The molecule has 0 spiro atoms. The van der Waals surface area contributed by atoms with Gasteiger partial charge in [0, 0.05) is 36.2 Å². The third-order valence-electron chi connectivity index (χ3n) is 5.23. The summed E-state index contributed by atoms with van der Waals surface area (Å²) in [6, 6.07) is 8.75. The Balaban J connectivity index is 1.62. The van der Waals surface area contributed by atoms with Crippen molar-refractivity contribution in [3.05, 3.63) is 46.2 Å². The third kappa shape index (κ3) is 4.30. The monoisotopic (exact) mass is 421 g/mol. The summed E-state index contributed by atoms with van der Waals surface area (Å²) in [7, 11) is -3.49. The summed E-state index contributed by atoms with van der Waals surface area (Å²) < 4.78 is 26.5. The van der Waals surface area contributed by atoms with Crippen LogP contribution < -0.4 is 5.32 Å². The van der Waals surface area contributed by atoms with Crippen molar-refractivity contribution in [1.29, 1.82) is 0 Å². The number of anilines is 1. The second kappa shape index (κ2) is 8.73. The van der Waals surface area contributed by atoms with E-state index in [1.807, 2.05) is 13.8 Å². The van der Waals surface area contributed by atoms with Gasteiger partial charge in [-0.2, -0.15) is 4.31 Å². The number of benzene rings is 1. The van der Waals surface area contributed by atoms with Crippen molar-refractivity contribution in [1.82, 2.24) is 9.21 Å². The minimum absolute atomic E-state index is 0.0927. The second-order valence-corrected chi connectivity index (χ2v) is 9.80. The Labute approximate surface area is 171 Å².